The lowest BCUT2D eigenvalue weighted by Gasteiger charge is -2.28. The SMILES string of the molecule is CCOC(=O)C(C)c1ccc(N(C[C@@H](C)N)C(=O)OC(C)(C)C)cc1. The monoisotopic (exact) mass is 350 g/mol. The van der Waals surface area contributed by atoms with Gasteiger partial charge in [-0.15, -0.1) is 0 Å². The van der Waals surface area contributed by atoms with E-state index in [1.165, 1.54) is 4.90 Å². The number of esters is 1. The van der Waals surface area contributed by atoms with Crippen LogP contribution in [0.5, 0.6) is 0 Å². The fourth-order valence-electron chi connectivity index (χ4n) is 2.24. The van der Waals surface area contributed by atoms with E-state index >= 15 is 0 Å². The van der Waals surface area contributed by atoms with Crippen molar-refractivity contribution in [2.45, 2.75) is 59.1 Å². The molecule has 0 spiro atoms. The Morgan fingerprint density at radius 3 is 2.16 bits per heavy atom. The first-order valence-corrected chi connectivity index (χ1v) is 8.57. The highest BCUT2D eigenvalue weighted by Crippen LogP contribution is 2.23. The van der Waals surface area contributed by atoms with Gasteiger partial charge in [-0.1, -0.05) is 12.1 Å². The summed E-state index contributed by atoms with van der Waals surface area (Å²) in [5, 5.41) is 0. The third kappa shape index (κ3) is 6.74. The lowest BCUT2D eigenvalue weighted by Crippen LogP contribution is -2.42. The molecule has 0 aliphatic carbocycles. The molecule has 6 heteroatoms. The van der Waals surface area contributed by atoms with Crippen LogP contribution in [0.2, 0.25) is 0 Å². The number of amides is 1. The maximum atomic E-state index is 12.5. The van der Waals surface area contributed by atoms with E-state index in [4.69, 9.17) is 15.2 Å². The van der Waals surface area contributed by atoms with Crippen molar-refractivity contribution in [3.63, 3.8) is 0 Å². The van der Waals surface area contributed by atoms with Crippen LogP contribution in [0.1, 0.15) is 53.0 Å². The van der Waals surface area contributed by atoms with Gasteiger partial charge in [0.2, 0.25) is 0 Å². The van der Waals surface area contributed by atoms with E-state index in [0.29, 0.717) is 18.8 Å². The molecular weight excluding hydrogens is 320 g/mol. The summed E-state index contributed by atoms with van der Waals surface area (Å²) in [6.07, 6.45) is -0.448. The molecule has 25 heavy (non-hydrogen) atoms. The molecule has 1 rings (SSSR count). The predicted molar refractivity (Wildman–Crippen MR) is 98.7 cm³/mol. The second-order valence-corrected chi connectivity index (χ2v) is 7.13. The Labute approximate surface area is 150 Å². The molecule has 1 aromatic rings. The zero-order valence-corrected chi connectivity index (χ0v) is 16.0. The minimum absolute atomic E-state index is 0.203. The van der Waals surface area contributed by atoms with Crippen LogP contribution in [0.4, 0.5) is 10.5 Å². The second kappa shape index (κ2) is 8.85. The van der Waals surface area contributed by atoms with Crippen LogP contribution in [0.3, 0.4) is 0 Å². The number of carbonyl (C=O) groups excluding carboxylic acids is 2. The number of nitrogens with two attached hydrogens (primary N) is 1. The van der Waals surface area contributed by atoms with Crippen molar-refractivity contribution in [1.29, 1.82) is 0 Å². The van der Waals surface area contributed by atoms with Crippen molar-refractivity contribution in [2.75, 3.05) is 18.1 Å². The van der Waals surface area contributed by atoms with E-state index in [1.54, 1.807) is 26.0 Å². The first kappa shape index (κ1) is 21.0. The van der Waals surface area contributed by atoms with Gasteiger partial charge in [-0.05, 0) is 59.2 Å². The Balaban J connectivity index is 3.00. The number of anilines is 1. The molecule has 0 radical (unpaired) electrons. The molecule has 0 aliphatic rings. The fraction of sp³-hybridized carbons (Fsp3) is 0.579. The van der Waals surface area contributed by atoms with Crippen molar-refractivity contribution >= 4 is 17.7 Å². The summed E-state index contributed by atoms with van der Waals surface area (Å²) in [5.41, 5.74) is 6.78. The normalized spacial score (nSPS) is 13.7. The van der Waals surface area contributed by atoms with Crippen LogP contribution in [0.15, 0.2) is 24.3 Å². The van der Waals surface area contributed by atoms with Crippen LogP contribution in [0.25, 0.3) is 0 Å². The first-order valence-electron chi connectivity index (χ1n) is 8.57. The number of carbonyl (C=O) groups is 2. The van der Waals surface area contributed by atoms with Gasteiger partial charge in [0.25, 0.3) is 0 Å². The number of rotatable bonds is 6. The van der Waals surface area contributed by atoms with Gasteiger partial charge < -0.3 is 15.2 Å². The van der Waals surface area contributed by atoms with Gasteiger partial charge in [0.05, 0.1) is 12.5 Å². The average molecular weight is 350 g/mol. The van der Waals surface area contributed by atoms with E-state index in [9.17, 15) is 9.59 Å². The van der Waals surface area contributed by atoms with E-state index in [2.05, 4.69) is 0 Å². The first-order chi connectivity index (χ1) is 11.5. The minimum Gasteiger partial charge on any atom is -0.466 e. The van der Waals surface area contributed by atoms with Crippen LogP contribution in [0, 0.1) is 0 Å². The van der Waals surface area contributed by atoms with E-state index < -0.39 is 11.7 Å². The van der Waals surface area contributed by atoms with E-state index in [-0.39, 0.29) is 17.9 Å². The molecule has 0 bridgehead atoms. The molecule has 0 aromatic heterocycles. The van der Waals surface area contributed by atoms with Crippen molar-refractivity contribution in [2.24, 2.45) is 5.73 Å². The molecule has 1 aromatic carbocycles. The Morgan fingerprint density at radius 1 is 1.16 bits per heavy atom. The molecule has 2 atom stereocenters. The number of hydrogen-bond donors (Lipinski definition) is 1. The van der Waals surface area contributed by atoms with Crippen molar-refractivity contribution in [1.82, 2.24) is 0 Å². The van der Waals surface area contributed by atoms with Gasteiger partial charge in [0, 0.05) is 18.3 Å². The number of benzene rings is 1. The summed E-state index contributed by atoms with van der Waals surface area (Å²) in [4.78, 5) is 25.8. The molecule has 1 amide bonds. The average Bonchev–Trinajstić information content (AvgIpc) is 2.50. The molecule has 0 fully saturated rings. The predicted octanol–water partition coefficient (Wildman–Crippen LogP) is 3.44. The van der Waals surface area contributed by atoms with Crippen molar-refractivity contribution < 1.29 is 19.1 Å². The summed E-state index contributed by atoms with van der Waals surface area (Å²) >= 11 is 0. The lowest BCUT2D eigenvalue weighted by molar-refractivity contribution is -0.144. The Hall–Kier alpha value is -2.08. The zero-order valence-electron chi connectivity index (χ0n) is 16.0. The van der Waals surface area contributed by atoms with Gasteiger partial charge in [0.15, 0.2) is 0 Å². The molecule has 0 heterocycles. The van der Waals surface area contributed by atoms with Crippen LogP contribution in [-0.4, -0.2) is 36.9 Å². The van der Waals surface area contributed by atoms with Crippen molar-refractivity contribution in [3.05, 3.63) is 29.8 Å². The quantitative estimate of drug-likeness (QED) is 0.795. The molecule has 0 saturated carbocycles. The van der Waals surface area contributed by atoms with Crippen LogP contribution < -0.4 is 10.6 Å². The standard InChI is InChI=1S/C19H30N2O4/c1-7-24-17(22)14(3)15-8-10-16(11-9-15)21(12-13(2)20)18(23)25-19(4,5)6/h8-11,13-14H,7,12,20H2,1-6H3/t13-,14?/m1/s1. The highest BCUT2D eigenvalue weighted by Gasteiger charge is 2.24. The van der Waals surface area contributed by atoms with Gasteiger partial charge in [-0.2, -0.15) is 0 Å². The van der Waals surface area contributed by atoms with Crippen LogP contribution >= 0.6 is 0 Å². The highest BCUT2D eigenvalue weighted by molar-refractivity contribution is 5.88. The Bertz CT molecular complexity index is 576. The van der Waals surface area contributed by atoms with Gasteiger partial charge in [-0.3, -0.25) is 9.69 Å². The third-order valence-corrected chi connectivity index (χ3v) is 3.43. The number of ether oxygens (including phenoxy) is 2. The largest absolute Gasteiger partial charge is 0.466 e. The summed E-state index contributed by atoms with van der Waals surface area (Å²) in [7, 11) is 0. The zero-order chi connectivity index (χ0) is 19.2. The fourth-order valence-corrected chi connectivity index (χ4v) is 2.24. The van der Waals surface area contributed by atoms with Gasteiger partial charge in [-0.25, -0.2) is 4.79 Å². The Kier molecular flexibility index (Phi) is 7.42. The molecule has 1 unspecified atom stereocenters. The minimum atomic E-state index is -0.592. The third-order valence-electron chi connectivity index (χ3n) is 3.43. The maximum Gasteiger partial charge on any atom is 0.414 e. The molecule has 6 nitrogen and oxygen atoms in total. The van der Waals surface area contributed by atoms with E-state index in [1.807, 2.05) is 39.8 Å². The van der Waals surface area contributed by atoms with Crippen LogP contribution in [-0.2, 0) is 14.3 Å². The molecular formula is C19H30N2O4. The van der Waals surface area contributed by atoms with E-state index in [0.717, 1.165) is 5.56 Å². The number of hydrogen-bond acceptors (Lipinski definition) is 5. The second-order valence-electron chi connectivity index (χ2n) is 7.13. The molecule has 0 saturated heterocycles. The Morgan fingerprint density at radius 2 is 1.72 bits per heavy atom. The summed E-state index contributed by atoms with van der Waals surface area (Å²) in [6.45, 7) is 11.5. The summed E-state index contributed by atoms with van der Waals surface area (Å²) < 4.78 is 10.5. The smallest absolute Gasteiger partial charge is 0.414 e. The molecule has 2 N–H and O–H groups in total. The highest BCUT2D eigenvalue weighted by atomic mass is 16.6. The topological polar surface area (TPSA) is 81.9 Å². The van der Waals surface area contributed by atoms with Crippen molar-refractivity contribution in [3.8, 4) is 0 Å². The lowest BCUT2D eigenvalue weighted by atomic mass is 10.0. The van der Waals surface area contributed by atoms with Gasteiger partial charge >= 0.3 is 12.1 Å². The molecule has 140 valence electrons. The number of nitrogens with zero attached hydrogens (tertiary/aromatic N) is 1. The maximum absolute atomic E-state index is 12.5. The summed E-state index contributed by atoms with van der Waals surface area (Å²) in [6, 6.07) is 7.00. The molecule has 0 aliphatic heterocycles. The van der Waals surface area contributed by atoms with Gasteiger partial charge in [0.1, 0.15) is 5.60 Å². The summed E-state index contributed by atoms with van der Waals surface area (Å²) in [5.74, 6) is -0.632.